The molecule has 9 heteroatoms. The van der Waals surface area contributed by atoms with E-state index in [0.717, 1.165) is 55.9 Å². The summed E-state index contributed by atoms with van der Waals surface area (Å²) in [5.74, 6) is 0.832. The van der Waals surface area contributed by atoms with Crippen LogP contribution in [0.2, 0.25) is 0 Å². The van der Waals surface area contributed by atoms with Crippen LogP contribution >= 0.6 is 11.8 Å². The van der Waals surface area contributed by atoms with Gasteiger partial charge in [-0.3, -0.25) is 14.3 Å². The summed E-state index contributed by atoms with van der Waals surface area (Å²) in [5, 5.41) is 12.7. The maximum atomic E-state index is 13.1. The van der Waals surface area contributed by atoms with Crippen LogP contribution < -0.4 is 10.2 Å². The molecule has 2 atom stereocenters. The van der Waals surface area contributed by atoms with E-state index in [4.69, 9.17) is 4.74 Å². The Morgan fingerprint density at radius 3 is 2.51 bits per heavy atom. The third-order valence-electron chi connectivity index (χ3n) is 6.44. The lowest BCUT2D eigenvalue weighted by molar-refractivity contribution is -0.120. The third kappa shape index (κ3) is 5.86. The molecule has 2 saturated heterocycles. The Bertz CT molecular complexity index is 1100. The first-order valence-corrected chi connectivity index (χ1v) is 13.1. The summed E-state index contributed by atoms with van der Waals surface area (Å²) < 4.78 is 7.57. The van der Waals surface area contributed by atoms with Crippen LogP contribution in [0.15, 0.2) is 65.8 Å². The fourth-order valence-corrected chi connectivity index (χ4v) is 5.45. The minimum absolute atomic E-state index is 0.0390. The highest BCUT2D eigenvalue weighted by Crippen LogP contribution is 2.30. The molecule has 184 valence electrons. The molecule has 1 N–H and O–H groups in total. The third-order valence-corrected chi connectivity index (χ3v) is 7.49. The Labute approximate surface area is 210 Å². The van der Waals surface area contributed by atoms with E-state index < -0.39 is 0 Å². The molecule has 1 aromatic heterocycles. The lowest BCUT2D eigenvalue weighted by Gasteiger charge is -2.28. The van der Waals surface area contributed by atoms with Gasteiger partial charge in [0.1, 0.15) is 0 Å². The second-order valence-electron chi connectivity index (χ2n) is 9.03. The van der Waals surface area contributed by atoms with Crippen LogP contribution in [0.5, 0.6) is 0 Å². The number of carbonyl (C=O) groups is 1. The van der Waals surface area contributed by atoms with E-state index in [-0.39, 0.29) is 17.2 Å². The monoisotopic (exact) mass is 492 g/mol. The first-order chi connectivity index (χ1) is 17.2. The van der Waals surface area contributed by atoms with Crippen molar-refractivity contribution < 1.29 is 9.53 Å². The van der Waals surface area contributed by atoms with Gasteiger partial charge in [-0.05, 0) is 31.0 Å². The van der Waals surface area contributed by atoms with Crippen molar-refractivity contribution in [2.75, 3.05) is 44.3 Å². The Morgan fingerprint density at radius 1 is 1.06 bits per heavy atom. The van der Waals surface area contributed by atoms with Crippen molar-refractivity contribution in [3.05, 3.63) is 66.2 Å². The van der Waals surface area contributed by atoms with E-state index in [2.05, 4.69) is 54.1 Å². The fraction of sp³-hybridized carbons (Fsp3) is 0.423. The summed E-state index contributed by atoms with van der Waals surface area (Å²) in [7, 11) is 0. The molecule has 2 aromatic carbocycles. The summed E-state index contributed by atoms with van der Waals surface area (Å²) in [4.78, 5) is 17.7. The lowest BCUT2D eigenvalue weighted by Crippen LogP contribution is -2.41. The molecule has 0 saturated carbocycles. The second kappa shape index (κ2) is 11.2. The molecule has 3 aromatic rings. The first kappa shape index (κ1) is 23.8. The molecule has 2 aliphatic heterocycles. The quantitative estimate of drug-likeness (QED) is 0.485. The van der Waals surface area contributed by atoms with Gasteiger partial charge in [0.05, 0.1) is 24.2 Å². The van der Waals surface area contributed by atoms with Crippen LogP contribution in [0.3, 0.4) is 0 Å². The largest absolute Gasteiger partial charge is 0.378 e. The molecule has 3 heterocycles. The van der Waals surface area contributed by atoms with E-state index in [1.165, 1.54) is 17.3 Å². The lowest BCUT2D eigenvalue weighted by atomic mass is 10.2. The topological polar surface area (TPSA) is 75.5 Å². The number of ether oxygens (including phenoxy) is 1. The van der Waals surface area contributed by atoms with Gasteiger partial charge in [-0.1, -0.05) is 60.3 Å². The number of thioether (sulfide) groups is 1. The normalized spacial score (nSPS) is 19.6. The minimum atomic E-state index is -0.289. The van der Waals surface area contributed by atoms with Crippen molar-refractivity contribution in [2.45, 2.75) is 36.3 Å². The van der Waals surface area contributed by atoms with Crippen LogP contribution in [0.1, 0.15) is 18.9 Å². The zero-order valence-electron chi connectivity index (χ0n) is 20.0. The number of amides is 1. The number of morpholine rings is 1. The predicted octanol–water partition coefficient (Wildman–Crippen LogP) is 2.98. The van der Waals surface area contributed by atoms with E-state index in [1.54, 1.807) is 0 Å². The molecular weight excluding hydrogens is 460 g/mol. The molecule has 0 spiro atoms. The smallest absolute Gasteiger partial charge is 0.233 e. The number of hydrogen-bond donors (Lipinski definition) is 1. The van der Waals surface area contributed by atoms with Crippen molar-refractivity contribution in [2.24, 2.45) is 0 Å². The highest BCUT2D eigenvalue weighted by atomic mass is 32.2. The predicted molar refractivity (Wildman–Crippen MR) is 138 cm³/mol. The van der Waals surface area contributed by atoms with Crippen molar-refractivity contribution in [1.82, 2.24) is 25.0 Å². The second-order valence-corrected chi connectivity index (χ2v) is 10.3. The number of nitrogens with one attached hydrogen (secondary N) is 1. The fourth-order valence-electron chi connectivity index (χ4n) is 4.58. The standard InChI is InChI=1S/C26H32N6O2S/c1-20(24(33)27-22-12-13-30(19-22)18-21-8-4-2-5-9-21)35-26-29-28-25(31-14-16-34-17-15-31)32(26)23-10-6-3-7-11-23/h2-11,20,22H,12-19H2,1H3,(H,27,33). The molecular formula is C26H32N6O2S. The molecule has 1 amide bonds. The number of carbonyl (C=O) groups excluding carboxylic acids is 1. The van der Waals surface area contributed by atoms with Gasteiger partial charge in [-0.2, -0.15) is 0 Å². The van der Waals surface area contributed by atoms with Gasteiger partial charge in [0.15, 0.2) is 5.16 Å². The van der Waals surface area contributed by atoms with E-state index in [1.807, 2.05) is 43.3 Å². The SMILES string of the molecule is CC(Sc1nnc(N2CCOCC2)n1-c1ccccc1)C(=O)NC1CCN(Cc2ccccc2)C1. The molecule has 2 fully saturated rings. The van der Waals surface area contributed by atoms with Gasteiger partial charge >= 0.3 is 0 Å². The van der Waals surface area contributed by atoms with Gasteiger partial charge < -0.3 is 15.0 Å². The average Bonchev–Trinajstić information content (AvgIpc) is 3.52. The highest BCUT2D eigenvalue weighted by Gasteiger charge is 2.28. The summed E-state index contributed by atoms with van der Waals surface area (Å²) in [6, 6.07) is 20.7. The van der Waals surface area contributed by atoms with Crippen LogP contribution in [0, 0.1) is 0 Å². The first-order valence-electron chi connectivity index (χ1n) is 12.2. The summed E-state index contributed by atoms with van der Waals surface area (Å²) in [5.41, 5.74) is 2.29. The highest BCUT2D eigenvalue weighted by molar-refractivity contribution is 8.00. The molecule has 0 bridgehead atoms. The Morgan fingerprint density at radius 2 is 1.77 bits per heavy atom. The molecule has 5 rings (SSSR count). The summed E-state index contributed by atoms with van der Waals surface area (Å²) >= 11 is 1.45. The number of benzene rings is 2. The number of rotatable bonds is 8. The molecule has 8 nitrogen and oxygen atoms in total. The van der Waals surface area contributed by atoms with Gasteiger partial charge in [-0.25, -0.2) is 0 Å². The minimum Gasteiger partial charge on any atom is -0.378 e. The van der Waals surface area contributed by atoms with Crippen LogP contribution in [0.25, 0.3) is 5.69 Å². The number of aromatic nitrogens is 3. The molecule has 35 heavy (non-hydrogen) atoms. The summed E-state index contributed by atoms with van der Waals surface area (Å²) in [6.07, 6.45) is 0.970. The van der Waals surface area contributed by atoms with Crippen LogP contribution in [0.4, 0.5) is 5.95 Å². The molecule has 0 radical (unpaired) electrons. The molecule has 2 unspecified atom stereocenters. The van der Waals surface area contributed by atoms with Gasteiger partial charge in [-0.15, -0.1) is 10.2 Å². The molecule has 0 aliphatic carbocycles. The zero-order chi connectivity index (χ0) is 24.0. The van der Waals surface area contributed by atoms with Crippen molar-refractivity contribution in [1.29, 1.82) is 0 Å². The van der Waals surface area contributed by atoms with E-state index >= 15 is 0 Å². The van der Waals surface area contributed by atoms with E-state index in [9.17, 15) is 4.79 Å². The maximum absolute atomic E-state index is 13.1. The average molecular weight is 493 g/mol. The Balaban J connectivity index is 1.23. The van der Waals surface area contributed by atoms with Crippen LogP contribution in [-0.4, -0.2) is 76.3 Å². The van der Waals surface area contributed by atoms with E-state index in [0.29, 0.717) is 13.2 Å². The maximum Gasteiger partial charge on any atom is 0.233 e. The zero-order valence-corrected chi connectivity index (χ0v) is 20.9. The molecule has 2 aliphatic rings. The van der Waals surface area contributed by atoms with Crippen molar-refractivity contribution in [3.63, 3.8) is 0 Å². The number of anilines is 1. The Hall–Kier alpha value is -2.88. The number of likely N-dealkylation sites (tertiary alicyclic amines) is 1. The van der Waals surface area contributed by atoms with Crippen LogP contribution in [-0.2, 0) is 16.1 Å². The summed E-state index contributed by atoms with van der Waals surface area (Å²) in [6.45, 7) is 7.61. The number of hydrogen-bond acceptors (Lipinski definition) is 7. The number of para-hydroxylation sites is 1. The van der Waals surface area contributed by atoms with Gasteiger partial charge in [0, 0.05) is 38.8 Å². The van der Waals surface area contributed by atoms with Crippen molar-refractivity contribution in [3.8, 4) is 5.69 Å². The van der Waals surface area contributed by atoms with Gasteiger partial charge in [0.25, 0.3) is 0 Å². The Kier molecular flexibility index (Phi) is 7.66. The van der Waals surface area contributed by atoms with Crippen molar-refractivity contribution >= 4 is 23.6 Å². The number of nitrogens with zero attached hydrogens (tertiary/aromatic N) is 5. The van der Waals surface area contributed by atoms with Gasteiger partial charge in [0.2, 0.25) is 11.9 Å².